The molecule has 0 aliphatic carbocycles. The predicted octanol–water partition coefficient (Wildman–Crippen LogP) is 3.22. The van der Waals surface area contributed by atoms with Crippen LogP contribution in [0.15, 0.2) is 48.5 Å². The Kier molecular flexibility index (Phi) is 4.97. The second kappa shape index (κ2) is 7.34. The second-order valence-electron chi connectivity index (χ2n) is 5.83. The van der Waals surface area contributed by atoms with Crippen molar-refractivity contribution >= 4 is 23.2 Å². The van der Waals surface area contributed by atoms with Gasteiger partial charge in [0.05, 0.1) is 12.5 Å². The lowest BCUT2D eigenvalue weighted by molar-refractivity contribution is -0.122. The van der Waals surface area contributed by atoms with E-state index in [9.17, 15) is 14.0 Å². The molecule has 0 bridgehead atoms. The van der Waals surface area contributed by atoms with Crippen LogP contribution in [-0.4, -0.2) is 25.0 Å². The number of ether oxygens (including phenoxy) is 1. The molecule has 1 aliphatic rings. The van der Waals surface area contributed by atoms with Gasteiger partial charge in [-0.15, -0.1) is 0 Å². The molecule has 3 rings (SSSR count). The Morgan fingerprint density at radius 2 is 1.88 bits per heavy atom. The van der Waals surface area contributed by atoms with Crippen LogP contribution in [0, 0.1) is 11.7 Å². The Morgan fingerprint density at radius 1 is 1.20 bits per heavy atom. The van der Waals surface area contributed by atoms with Crippen LogP contribution in [0.3, 0.4) is 0 Å². The maximum absolute atomic E-state index is 13.0. The third-order valence-corrected chi connectivity index (χ3v) is 4.07. The van der Waals surface area contributed by atoms with E-state index in [4.69, 9.17) is 4.74 Å². The molecule has 5 nitrogen and oxygen atoms in total. The van der Waals surface area contributed by atoms with E-state index in [-0.39, 0.29) is 30.6 Å². The average Bonchev–Trinajstić information content (AvgIpc) is 3.00. The Morgan fingerprint density at radius 3 is 2.52 bits per heavy atom. The summed E-state index contributed by atoms with van der Waals surface area (Å²) in [6, 6.07) is 12.8. The highest BCUT2D eigenvalue weighted by atomic mass is 19.1. The molecule has 0 saturated carbocycles. The third-order valence-electron chi connectivity index (χ3n) is 4.07. The number of benzene rings is 2. The number of rotatable bonds is 5. The van der Waals surface area contributed by atoms with Gasteiger partial charge in [0.1, 0.15) is 11.6 Å². The minimum Gasteiger partial charge on any atom is -0.494 e. The van der Waals surface area contributed by atoms with Gasteiger partial charge in [-0.25, -0.2) is 4.39 Å². The molecule has 1 saturated heterocycles. The summed E-state index contributed by atoms with van der Waals surface area (Å²) in [6.07, 6.45) is 0.139. The quantitative estimate of drug-likeness (QED) is 0.908. The third kappa shape index (κ3) is 3.96. The zero-order chi connectivity index (χ0) is 17.8. The molecule has 25 heavy (non-hydrogen) atoms. The summed E-state index contributed by atoms with van der Waals surface area (Å²) in [6.45, 7) is 2.77. The SMILES string of the molecule is CCOc1ccc(NC(=O)[C@@H]2CC(=O)N(c3ccc(F)cc3)C2)cc1. The molecule has 2 amide bonds. The van der Waals surface area contributed by atoms with E-state index in [1.165, 1.54) is 17.0 Å². The van der Waals surface area contributed by atoms with E-state index < -0.39 is 5.92 Å². The highest BCUT2D eigenvalue weighted by molar-refractivity contribution is 6.03. The second-order valence-corrected chi connectivity index (χ2v) is 5.83. The fourth-order valence-corrected chi connectivity index (χ4v) is 2.80. The number of amides is 2. The molecule has 0 radical (unpaired) electrons. The first kappa shape index (κ1) is 17.0. The van der Waals surface area contributed by atoms with Crippen LogP contribution >= 0.6 is 0 Å². The summed E-state index contributed by atoms with van der Waals surface area (Å²) in [4.78, 5) is 26.1. The number of hydrogen-bond acceptors (Lipinski definition) is 3. The molecule has 1 N–H and O–H groups in total. The zero-order valence-corrected chi connectivity index (χ0v) is 13.9. The van der Waals surface area contributed by atoms with E-state index >= 15 is 0 Å². The zero-order valence-electron chi connectivity index (χ0n) is 13.9. The number of carbonyl (C=O) groups excluding carboxylic acids is 2. The first-order valence-corrected chi connectivity index (χ1v) is 8.16. The Hall–Kier alpha value is -2.89. The first-order valence-electron chi connectivity index (χ1n) is 8.16. The van der Waals surface area contributed by atoms with Crippen LogP contribution in [0.25, 0.3) is 0 Å². The van der Waals surface area contributed by atoms with Crippen LogP contribution in [0.1, 0.15) is 13.3 Å². The summed E-state index contributed by atoms with van der Waals surface area (Å²) in [5.41, 5.74) is 1.25. The topological polar surface area (TPSA) is 58.6 Å². The van der Waals surface area contributed by atoms with Gasteiger partial charge in [0.15, 0.2) is 0 Å². The molecule has 0 unspecified atom stereocenters. The van der Waals surface area contributed by atoms with Crippen LogP contribution in [0.5, 0.6) is 5.75 Å². The summed E-state index contributed by atoms with van der Waals surface area (Å²) < 4.78 is 18.4. The highest BCUT2D eigenvalue weighted by Gasteiger charge is 2.35. The Labute approximate surface area is 145 Å². The Balaban J connectivity index is 1.63. The number of anilines is 2. The monoisotopic (exact) mass is 342 g/mol. The van der Waals surface area contributed by atoms with Gasteiger partial charge in [0.2, 0.25) is 11.8 Å². The molecule has 1 fully saturated rings. The summed E-state index contributed by atoms with van der Waals surface area (Å²) in [7, 11) is 0. The molecule has 130 valence electrons. The number of halogens is 1. The molecule has 2 aromatic rings. The minimum atomic E-state index is -0.441. The van der Waals surface area contributed by atoms with Crippen molar-refractivity contribution in [2.75, 3.05) is 23.4 Å². The normalized spacial score (nSPS) is 16.8. The van der Waals surface area contributed by atoms with Gasteiger partial charge in [-0.1, -0.05) is 0 Å². The lowest BCUT2D eigenvalue weighted by Gasteiger charge is -2.16. The van der Waals surface area contributed by atoms with Gasteiger partial charge in [-0.05, 0) is 55.5 Å². The molecule has 0 aromatic heterocycles. The van der Waals surface area contributed by atoms with Crippen molar-refractivity contribution in [2.45, 2.75) is 13.3 Å². The fraction of sp³-hybridized carbons (Fsp3) is 0.263. The molecular weight excluding hydrogens is 323 g/mol. The van der Waals surface area contributed by atoms with Crippen LogP contribution in [0.4, 0.5) is 15.8 Å². The van der Waals surface area contributed by atoms with Crippen molar-refractivity contribution in [3.63, 3.8) is 0 Å². The fourth-order valence-electron chi connectivity index (χ4n) is 2.80. The van der Waals surface area contributed by atoms with Crippen LogP contribution in [0.2, 0.25) is 0 Å². The predicted molar refractivity (Wildman–Crippen MR) is 93.1 cm³/mol. The standard InChI is InChI=1S/C19H19FN2O3/c1-2-25-17-9-5-15(6-10-17)21-19(24)13-11-18(23)22(12-13)16-7-3-14(20)4-8-16/h3-10,13H,2,11-12H2,1H3,(H,21,24)/t13-/m1/s1. The van der Waals surface area contributed by atoms with E-state index in [0.717, 1.165) is 5.75 Å². The van der Waals surface area contributed by atoms with Crippen LogP contribution < -0.4 is 15.0 Å². The number of nitrogens with one attached hydrogen (secondary N) is 1. The smallest absolute Gasteiger partial charge is 0.229 e. The Bertz CT molecular complexity index is 759. The average molecular weight is 342 g/mol. The van der Waals surface area contributed by atoms with Crippen molar-refractivity contribution < 1.29 is 18.7 Å². The van der Waals surface area contributed by atoms with Gasteiger partial charge in [0, 0.05) is 24.3 Å². The van der Waals surface area contributed by atoms with E-state index in [2.05, 4.69) is 5.32 Å². The van der Waals surface area contributed by atoms with Crippen molar-refractivity contribution in [2.24, 2.45) is 5.92 Å². The molecule has 2 aromatic carbocycles. The van der Waals surface area contributed by atoms with Gasteiger partial charge in [0.25, 0.3) is 0 Å². The number of hydrogen-bond donors (Lipinski definition) is 1. The van der Waals surface area contributed by atoms with Gasteiger partial charge in [-0.3, -0.25) is 9.59 Å². The van der Waals surface area contributed by atoms with Crippen molar-refractivity contribution in [1.82, 2.24) is 0 Å². The van der Waals surface area contributed by atoms with Crippen molar-refractivity contribution in [1.29, 1.82) is 0 Å². The van der Waals surface area contributed by atoms with Crippen molar-refractivity contribution in [3.05, 3.63) is 54.3 Å². The number of carbonyl (C=O) groups is 2. The first-order chi connectivity index (χ1) is 12.1. The summed E-state index contributed by atoms with van der Waals surface area (Å²) in [5.74, 6) is -0.413. The molecule has 1 heterocycles. The molecule has 1 aliphatic heterocycles. The molecule has 6 heteroatoms. The largest absolute Gasteiger partial charge is 0.494 e. The van der Waals surface area contributed by atoms with Crippen LogP contribution in [-0.2, 0) is 9.59 Å². The van der Waals surface area contributed by atoms with Crippen molar-refractivity contribution in [3.8, 4) is 5.75 Å². The summed E-state index contributed by atoms with van der Waals surface area (Å²) in [5, 5.41) is 2.82. The molecule has 0 spiro atoms. The van der Waals surface area contributed by atoms with Gasteiger partial charge in [-0.2, -0.15) is 0 Å². The molecular formula is C19H19FN2O3. The van der Waals surface area contributed by atoms with E-state index in [1.54, 1.807) is 36.4 Å². The number of nitrogens with zero attached hydrogens (tertiary/aromatic N) is 1. The highest BCUT2D eigenvalue weighted by Crippen LogP contribution is 2.26. The molecule has 1 atom stereocenters. The lowest BCUT2D eigenvalue weighted by atomic mass is 10.1. The maximum atomic E-state index is 13.0. The summed E-state index contributed by atoms with van der Waals surface area (Å²) >= 11 is 0. The lowest BCUT2D eigenvalue weighted by Crippen LogP contribution is -2.28. The van der Waals surface area contributed by atoms with E-state index in [1.807, 2.05) is 6.92 Å². The minimum absolute atomic E-state index is 0.139. The van der Waals surface area contributed by atoms with E-state index in [0.29, 0.717) is 18.0 Å². The van der Waals surface area contributed by atoms with Gasteiger partial charge >= 0.3 is 0 Å². The maximum Gasteiger partial charge on any atom is 0.229 e. The van der Waals surface area contributed by atoms with Gasteiger partial charge < -0.3 is 15.0 Å².